The van der Waals surface area contributed by atoms with E-state index in [0.29, 0.717) is 0 Å². The summed E-state index contributed by atoms with van der Waals surface area (Å²) in [5.41, 5.74) is 0.287. The molecule has 0 radical (unpaired) electrons. The van der Waals surface area contributed by atoms with Crippen LogP contribution in [-0.4, -0.2) is 17.3 Å². The van der Waals surface area contributed by atoms with Gasteiger partial charge in [0.15, 0.2) is 0 Å². The molecular weight excluding hydrogens is 345 g/mol. The topological polar surface area (TPSA) is 46.2 Å². The Balaban J connectivity index is 3.25. The lowest BCUT2D eigenvalue weighted by Gasteiger charge is -2.21. The zero-order chi connectivity index (χ0) is 18.2. The largest absolute Gasteiger partial charge is 0.416 e. The van der Waals surface area contributed by atoms with Crippen molar-refractivity contribution >= 4 is 0 Å². The molecule has 2 nitrogen and oxygen atoms in total. The molecule has 3 N–H and O–H groups in total. The van der Waals surface area contributed by atoms with Crippen molar-refractivity contribution in [3.05, 3.63) is 34.9 Å². The third kappa shape index (κ3) is 5.27. The first-order chi connectivity index (χ1) is 10.1. The molecule has 0 amide bonds. The molecular formula is C12H10F9NO. The van der Waals surface area contributed by atoms with Crippen LogP contribution in [0.4, 0.5) is 39.5 Å². The van der Waals surface area contributed by atoms with Crippen LogP contribution in [0.1, 0.15) is 29.2 Å². The molecule has 0 bridgehead atoms. The van der Waals surface area contributed by atoms with Gasteiger partial charge in [-0.15, -0.1) is 0 Å². The fourth-order valence-electron chi connectivity index (χ4n) is 1.68. The van der Waals surface area contributed by atoms with Crippen molar-refractivity contribution in [2.24, 2.45) is 5.73 Å². The summed E-state index contributed by atoms with van der Waals surface area (Å²) in [5.74, 6) is 0. The number of nitrogens with two attached hydrogens (primary N) is 1. The predicted octanol–water partition coefficient (Wildman–Crippen LogP) is 4.04. The van der Waals surface area contributed by atoms with Crippen molar-refractivity contribution in [2.45, 2.75) is 37.1 Å². The van der Waals surface area contributed by atoms with E-state index in [9.17, 15) is 44.6 Å². The SMILES string of the molecule is N[C@H](C[C@H](O)c1cc(C(F)(F)F)cc(C(F)(F)F)c1)C(F)(F)F. The van der Waals surface area contributed by atoms with Gasteiger partial charge in [-0.05, 0) is 23.8 Å². The average molecular weight is 355 g/mol. The first kappa shape index (κ1) is 19.6. The minimum absolute atomic E-state index is 0.156. The number of benzene rings is 1. The maximum Gasteiger partial charge on any atom is 0.416 e. The normalized spacial score (nSPS) is 16.3. The third-order valence-electron chi connectivity index (χ3n) is 2.89. The summed E-state index contributed by atoms with van der Waals surface area (Å²) >= 11 is 0. The van der Waals surface area contributed by atoms with Gasteiger partial charge < -0.3 is 10.8 Å². The van der Waals surface area contributed by atoms with Crippen LogP contribution in [0.25, 0.3) is 0 Å². The zero-order valence-electron chi connectivity index (χ0n) is 11.0. The molecule has 1 aromatic carbocycles. The Morgan fingerprint density at radius 2 is 1.22 bits per heavy atom. The number of rotatable bonds is 3. The average Bonchev–Trinajstić information content (AvgIpc) is 2.34. The lowest BCUT2D eigenvalue weighted by atomic mass is 9.97. The Labute approximate surface area is 123 Å². The van der Waals surface area contributed by atoms with Gasteiger partial charge in [0.05, 0.1) is 17.2 Å². The van der Waals surface area contributed by atoms with E-state index < -0.39 is 53.8 Å². The summed E-state index contributed by atoms with van der Waals surface area (Å²) in [7, 11) is 0. The standard InChI is InChI=1S/C12H10F9NO/c13-10(14,15)6-1-5(2-7(3-6)11(16,17)18)8(23)4-9(22)12(19,20)21/h1-3,8-9,23H,4,22H2/t8-,9+/m0/s1. The second-order valence-electron chi connectivity index (χ2n) is 4.74. The van der Waals surface area contributed by atoms with E-state index in [4.69, 9.17) is 5.73 Å². The Kier molecular flexibility index (Phi) is 5.26. The van der Waals surface area contributed by atoms with Crippen molar-refractivity contribution in [3.63, 3.8) is 0 Å². The highest BCUT2D eigenvalue weighted by Gasteiger charge is 2.40. The van der Waals surface area contributed by atoms with Crippen LogP contribution < -0.4 is 5.73 Å². The highest BCUT2D eigenvalue weighted by molar-refractivity contribution is 5.34. The van der Waals surface area contributed by atoms with Crippen LogP contribution in [0.15, 0.2) is 18.2 Å². The molecule has 0 aromatic heterocycles. The highest BCUT2D eigenvalue weighted by atomic mass is 19.4. The van der Waals surface area contributed by atoms with Gasteiger partial charge in [-0.1, -0.05) is 0 Å². The van der Waals surface area contributed by atoms with Crippen LogP contribution in [0.3, 0.4) is 0 Å². The Morgan fingerprint density at radius 3 is 1.52 bits per heavy atom. The quantitative estimate of drug-likeness (QED) is 0.804. The fourth-order valence-corrected chi connectivity index (χ4v) is 1.68. The smallest absolute Gasteiger partial charge is 0.388 e. The maximum atomic E-state index is 12.6. The monoisotopic (exact) mass is 355 g/mol. The number of aliphatic hydroxyl groups excluding tert-OH is 1. The molecule has 0 saturated carbocycles. The molecule has 0 saturated heterocycles. The lowest BCUT2D eigenvalue weighted by Crippen LogP contribution is -2.38. The minimum Gasteiger partial charge on any atom is -0.388 e. The molecule has 0 heterocycles. The highest BCUT2D eigenvalue weighted by Crippen LogP contribution is 2.38. The third-order valence-corrected chi connectivity index (χ3v) is 2.89. The van der Waals surface area contributed by atoms with Gasteiger partial charge in [0, 0.05) is 6.42 Å². The molecule has 0 spiro atoms. The summed E-state index contributed by atoms with van der Waals surface area (Å²) < 4.78 is 112. The van der Waals surface area contributed by atoms with E-state index in [2.05, 4.69) is 0 Å². The molecule has 0 aliphatic carbocycles. The van der Waals surface area contributed by atoms with Crippen LogP contribution in [-0.2, 0) is 12.4 Å². The lowest BCUT2D eigenvalue weighted by molar-refractivity contribution is -0.154. The summed E-state index contributed by atoms with van der Waals surface area (Å²) in [6.45, 7) is 0. The number of halogens is 9. The van der Waals surface area contributed by atoms with Crippen molar-refractivity contribution in [2.75, 3.05) is 0 Å². The van der Waals surface area contributed by atoms with Gasteiger partial charge in [-0.2, -0.15) is 39.5 Å². The second-order valence-corrected chi connectivity index (χ2v) is 4.74. The maximum absolute atomic E-state index is 12.6. The van der Waals surface area contributed by atoms with Crippen LogP contribution >= 0.6 is 0 Å². The molecule has 0 aliphatic rings. The van der Waals surface area contributed by atoms with Gasteiger partial charge in [0.2, 0.25) is 0 Å². The van der Waals surface area contributed by atoms with E-state index in [0.717, 1.165) is 0 Å². The van der Waals surface area contributed by atoms with Crippen molar-refractivity contribution in [3.8, 4) is 0 Å². The van der Waals surface area contributed by atoms with Gasteiger partial charge in [0.25, 0.3) is 0 Å². The Bertz CT molecular complexity index is 515. The minimum atomic E-state index is -5.16. The van der Waals surface area contributed by atoms with Crippen molar-refractivity contribution < 1.29 is 44.6 Å². The number of aliphatic hydroxyl groups is 1. The fraction of sp³-hybridized carbons (Fsp3) is 0.500. The van der Waals surface area contributed by atoms with Crippen LogP contribution in [0, 0.1) is 0 Å². The van der Waals surface area contributed by atoms with Gasteiger partial charge in [-0.3, -0.25) is 0 Å². The van der Waals surface area contributed by atoms with E-state index in [-0.39, 0.29) is 18.2 Å². The molecule has 132 valence electrons. The second kappa shape index (κ2) is 6.19. The summed E-state index contributed by atoms with van der Waals surface area (Å²) in [5, 5.41) is 9.52. The molecule has 1 aromatic rings. The van der Waals surface area contributed by atoms with E-state index in [1.807, 2.05) is 0 Å². The van der Waals surface area contributed by atoms with E-state index in [1.54, 1.807) is 0 Å². The molecule has 0 fully saturated rings. The number of hydrogen-bond acceptors (Lipinski definition) is 2. The summed E-state index contributed by atoms with van der Waals surface area (Å²) in [4.78, 5) is 0. The first-order valence-corrected chi connectivity index (χ1v) is 5.92. The van der Waals surface area contributed by atoms with Gasteiger partial charge >= 0.3 is 18.5 Å². The molecule has 2 atom stereocenters. The van der Waals surface area contributed by atoms with Gasteiger partial charge in [0.1, 0.15) is 6.04 Å². The van der Waals surface area contributed by atoms with Crippen LogP contribution in [0.5, 0.6) is 0 Å². The Morgan fingerprint density at radius 1 is 0.826 bits per heavy atom. The summed E-state index contributed by atoms with van der Waals surface area (Å²) in [6, 6.07) is -2.48. The van der Waals surface area contributed by atoms with Gasteiger partial charge in [-0.25, -0.2) is 0 Å². The molecule has 0 aliphatic heterocycles. The predicted molar refractivity (Wildman–Crippen MR) is 60.1 cm³/mol. The Hall–Kier alpha value is -1.49. The molecule has 1 rings (SSSR count). The number of hydrogen-bond donors (Lipinski definition) is 2. The number of alkyl halides is 9. The zero-order valence-corrected chi connectivity index (χ0v) is 11.0. The van der Waals surface area contributed by atoms with Crippen molar-refractivity contribution in [1.82, 2.24) is 0 Å². The molecule has 23 heavy (non-hydrogen) atoms. The first-order valence-electron chi connectivity index (χ1n) is 5.92. The van der Waals surface area contributed by atoms with Crippen molar-refractivity contribution in [1.29, 1.82) is 0 Å². The molecule has 11 heteroatoms. The van der Waals surface area contributed by atoms with E-state index >= 15 is 0 Å². The van der Waals surface area contributed by atoms with Crippen LogP contribution in [0.2, 0.25) is 0 Å². The summed E-state index contributed by atoms with van der Waals surface area (Å²) in [6.07, 6.45) is -18.8. The van der Waals surface area contributed by atoms with E-state index in [1.165, 1.54) is 0 Å². The molecule has 0 unspecified atom stereocenters.